The molecule has 0 aromatic heterocycles. The van der Waals surface area contributed by atoms with E-state index in [1.54, 1.807) is 0 Å². The van der Waals surface area contributed by atoms with Crippen molar-refractivity contribution >= 4 is 0 Å². The smallest absolute Gasteiger partial charge is 0.387 e. The van der Waals surface area contributed by atoms with Crippen molar-refractivity contribution in [3.8, 4) is 17.6 Å². The molecule has 0 heterocycles. The van der Waals surface area contributed by atoms with E-state index in [-0.39, 0.29) is 24.3 Å². The van der Waals surface area contributed by atoms with E-state index < -0.39 is 13.2 Å². The lowest BCUT2D eigenvalue weighted by atomic mass is 10.1. The molecule has 1 rings (SSSR count). The number of hydrogen-bond acceptors (Lipinski definition) is 3. The first-order valence-corrected chi connectivity index (χ1v) is 4.92. The first-order chi connectivity index (χ1) is 8.51. The number of rotatable bonds is 6. The van der Waals surface area contributed by atoms with Crippen LogP contribution in [0, 0.1) is 11.3 Å². The van der Waals surface area contributed by atoms with Gasteiger partial charge in [0.05, 0.1) is 6.07 Å². The molecule has 0 saturated carbocycles. The fraction of sp³-hybridized carbons (Fsp3) is 0.364. The third-order valence-corrected chi connectivity index (χ3v) is 1.92. The highest BCUT2D eigenvalue weighted by Gasteiger charge is 2.11. The molecule has 0 unspecified atom stereocenters. The third kappa shape index (κ3) is 4.91. The molecule has 0 bridgehead atoms. The predicted molar refractivity (Wildman–Crippen MR) is 53.6 cm³/mol. The van der Waals surface area contributed by atoms with Gasteiger partial charge in [-0.05, 0) is 24.1 Å². The Morgan fingerprint density at radius 1 is 1.00 bits per heavy atom. The number of ether oxygens (including phenoxy) is 2. The SMILES string of the molecule is N#CCCc1cc(OC(F)F)cc(OC(F)F)c1. The normalized spacial score (nSPS) is 10.5. The second-order valence-corrected chi connectivity index (χ2v) is 3.23. The van der Waals surface area contributed by atoms with Crippen LogP contribution in [0.4, 0.5) is 17.6 Å². The average Bonchev–Trinajstić information content (AvgIpc) is 2.24. The molecule has 0 amide bonds. The second kappa shape index (κ2) is 6.69. The minimum atomic E-state index is -3.06. The lowest BCUT2D eigenvalue weighted by Gasteiger charge is -2.10. The van der Waals surface area contributed by atoms with Crippen LogP contribution in [0.1, 0.15) is 12.0 Å². The molecular weight excluding hydrogens is 254 g/mol. The molecule has 1 aromatic rings. The zero-order valence-electron chi connectivity index (χ0n) is 9.08. The topological polar surface area (TPSA) is 42.2 Å². The fourth-order valence-electron chi connectivity index (χ4n) is 1.32. The van der Waals surface area contributed by atoms with Crippen molar-refractivity contribution in [2.75, 3.05) is 0 Å². The van der Waals surface area contributed by atoms with E-state index in [4.69, 9.17) is 5.26 Å². The van der Waals surface area contributed by atoms with E-state index >= 15 is 0 Å². The number of alkyl halides is 4. The van der Waals surface area contributed by atoms with Crippen LogP contribution in [0.5, 0.6) is 11.5 Å². The highest BCUT2D eigenvalue weighted by molar-refractivity contribution is 5.38. The van der Waals surface area contributed by atoms with Gasteiger partial charge >= 0.3 is 13.2 Å². The van der Waals surface area contributed by atoms with Gasteiger partial charge in [0.15, 0.2) is 0 Å². The highest BCUT2D eigenvalue weighted by Crippen LogP contribution is 2.26. The van der Waals surface area contributed by atoms with Crippen LogP contribution in [0.25, 0.3) is 0 Å². The van der Waals surface area contributed by atoms with Gasteiger partial charge in [0.25, 0.3) is 0 Å². The van der Waals surface area contributed by atoms with Gasteiger partial charge in [-0.15, -0.1) is 0 Å². The monoisotopic (exact) mass is 263 g/mol. The Morgan fingerprint density at radius 3 is 1.89 bits per heavy atom. The van der Waals surface area contributed by atoms with Crippen LogP contribution < -0.4 is 9.47 Å². The van der Waals surface area contributed by atoms with E-state index in [1.165, 1.54) is 12.1 Å². The summed E-state index contributed by atoms with van der Waals surface area (Å²) in [4.78, 5) is 0. The van der Waals surface area contributed by atoms with E-state index in [0.717, 1.165) is 6.07 Å². The van der Waals surface area contributed by atoms with Crippen molar-refractivity contribution in [2.45, 2.75) is 26.1 Å². The van der Waals surface area contributed by atoms with Gasteiger partial charge in [-0.25, -0.2) is 0 Å². The Hall–Kier alpha value is -1.97. The third-order valence-electron chi connectivity index (χ3n) is 1.92. The summed E-state index contributed by atoms with van der Waals surface area (Å²) >= 11 is 0. The summed E-state index contributed by atoms with van der Waals surface area (Å²) in [6, 6.07) is 5.30. The predicted octanol–water partition coefficient (Wildman–Crippen LogP) is 3.35. The lowest BCUT2D eigenvalue weighted by Crippen LogP contribution is -2.05. The first kappa shape index (κ1) is 14.1. The van der Waals surface area contributed by atoms with Gasteiger partial charge in [-0.3, -0.25) is 0 Å². The van der Waals surface area contributed by atoms with Gasteiger partial charge in [0.2, 0.25) is 0 Å². The number of aryl methyl sites for hydroxylation is 1. The summed E-state index contributed by atoms with van der Waals surface area (Å²) in [5, 5.41) is 8.40. The number of nitrogens with zero attached hydrogens (tertiary/aromatic N) is 1. The molecule has 0 aliphatic rings. The Bertz CT molecular complexity index is 403. The van der Waals surface area contributed by atoms with Crippen molar-refractivity contribution in [3.05, 3.63) is 23.8 Å². The van der Waals surface area contributed by atoms with Crippen LogP contribution >= 0.6 is 0 Å². The number of halogens is 4. The molecule has 18 heavy (non-hydrogen) atoms. The van der Waals surface area contributed by atoms with Gasteiger partial charge in [0, 0.05) is 12.5 Å². The fourth-order valence-corrected chi connectivity index (χ4v) is 1.32. The zero-order chi connectivity index (χ0) is 13.5. The van der Waals surface area contributed by atoms with Crippen molar-refractivity contribution < 1.29 is 27.0 Å². The van der Waals surface area contributed by atoms with Gasteiger partial charge in [-0.2, -0.15) is 22.8 Å². The molecule has 1 aromatic carbocycles. The molecule has 0 atom stereocenters. The standard InChI is InChI=1S/C11H9F4NO2/c12-10(13)17-8-4-7(2-1-3-16)5-9(6-8)18-11(14)15/h4-6,10-11H,1-2H2. The maximum atomic E-state index is 12.0. The molecule has 0 fully saturated rings. The largest absolute Gasteiger partial charge is 0.435 e. The minimum absolute atomic E-state index is 0.131. The van der Waals surface area contributed by atoms with E-state index in [9.17, 15) is 17.6 Å². The first-order valence-electron chi connectivity index (χ1n) is 4.92. The van der Waals surface area contributed by atoms with Gasteiger partial charge < -0.3 is 9.47 Å². The maximum absolute atomic E-state index is 12.0. The van der Waals surface area contributed by atoms with Crippen LogP contribution in [-0.2, 0) is 6.42 Å². The number of hydrogen-bond donors (Lipinski definition) is 0. The van der Waals surface area contributed by atoms with Crippen LogP contribution in [0.3, 0.4) is 0 Å². The van der Waals surface area contributed by atoms with Crippen molar-refractivity contribution in [2.24, 2.45) is 0 Å². The molecule has 0 spiro atoms. The van der Waals surface area contributed by atoms with Crippen molar-refractivity contribution in [1.29, 1.82) is 5.26 Å². The Kier molecular flexibility index (Phi) is 5.24. The van der Waals surface area contributed by atoms with Crippen molar-refractivity contribution in [1.82, 2.24) is 0 Å². The molecule has 3 nitrogen and oxygen atoms in total. The second-order valence-electron chi connectivity index (χ2n) is 3.23. The van der Waals surface area contributed by atoms with Gasteiger partial charge in [0.1, 0.15) is 11.5 Å². The van der Waals surface area contributed by atoms with E-state index in [1.807, 2.05) is 6.07 Å². The van der Waals surface area contributed by atoms with Crippen molar-refractivity contribution in [3.63, 3.8) is 0 Å². The maximum Gasteiger partial charge on any atom is 0.387 e. The average molecular weight is 263 g/mol. The highest BCUT2D eigenvalue weighted by atomic mass is 19.3. The number of nitriles is 1. The van der Waals surface area contributed by atoms with Crippen LogP contribution in [0.15, 0.2) is 18.2 Å². The summed E-state index contributed by atoms with van der Waals surface area (Å²) in [7, 11) is 0. The molecule has 7 heteroatoms. The Labute approximate surface area is 101 Å². The molecule has 0 saturated heterocycles. The summed E-state index contributed by atoms with van der Waals surface area (Å²) < 4.78 is 56.4. The molecular formula is C11H9F4NO2. The van der Waals surface area contributed by atoms with E-state index in [2.05, 4.69) is 9.47 Å². The van der Waals surface area contributed by atoms with Crippen LogP contribution in [0.2, 0.25) is 0 Å². The van der Waals surface area contributed by atoms with Gasteiger partial charge in [-0.1, -0.05) is 0 Å². The summed E-state index contributed by atoms with van der Waals surface area (Å²) in [5.41, 5.74) is 0.408. The molecule has 0 aliphatic heterocycles. The Balaban J connectivity index is 2.92. The summed E-state index contributed by atoms with van der Waals surface area (Å²) in [6.07, 6.45) is 0.364. The zero-order valence-corrected chi connectivity index (χ0v) is 9.08. The Morgan fingerprint density at radius 2 is 1.50 bits per heavy atom. The molecule has 0 aliphatic carbocycles. The summed E-state index contributed by atoms with van der Waals surface area (Å²) in [5.74, 6) is -0.563. The molecule has 0 radical (unpaired) electrons. The summed E-state index contributed by atoms with van der Waals surface area (Å²) in [6.45, 7) is -6.12. The van der Waals surface area contributed by atoms with E-state index in [0.29, 0.717) is 5.56 Å². The molecule has 0 N–H and O–H groups in total. The number of benzene rings is 1. The van der Waals surface area contributed by atoms with Crippen LogP contribution in [-0.4, -0.2) is 13.2 Å². The quantitative estimate of drug-likeness (QED) is 0.739. The minimum Gasteiger partial charge on any atom is -0.435 e. The lowest BCUT2D eigenvalue weighted by molar-refractivity contribution is -0.0543. The molecule has 98 valence electrons.